The van der Waals surface area contributed by atoms with Crippen molar-refractivity contribution in [3.05, 3.63) is 64.2 Å². The highest BCUT2D eigenvalue weighted by atomic mass is 32.2. The van der Waals surface area contributed by atoms with Gasteiger partial charge >= 0.3 is 0 Å². The van der Waals surface area contributed by atoms with Gasteiger partial charge in [-0.15, -0.1) is 10.2 Å². The molecule has 0 radical (unpaired) electrons. The van der Waals surface area contributed by atoms with E-state index in [2.05, 4.69) is 15.5 Å². The molecule has 0 unspecified atom stereocenters. The smallest absolute Gasteiger partial charge is 0.269 e. The molecule has 0 bridgehead atoms. The number of carbonyl (C=O) groups is 1. The first kappa shape index (κ1) is 19.6. The summed E-state index contributed by atoms with van der Waals surface area (Å²) < 4.78 is 2.00. The zero-order valence-electron chi connectivity index (χ0n) is 15.5. The maximum absolute atomic E-state index is 11.1. The molecule has 3 aromatic rings. The van der Waals surface area contributed by atoms with E-state index in [0.29, 0.717) is 12.3 Å². The van der Waals surface area contributed by atoms with Crippen LogP contribution in [0.1, 0.15) is 19.4 Å². The summed E-state index contributed by atoms with van der Waals surface area (Å²) >= 11 is 1.48. The number of anilines is 1. The Labute approximate surface area is 166 Å². The van der Waals surface area contributed by atoms with Crippen molar-refractivity contribution in [2.24, 2.45) is 0 Å². The van der Waals surface area contributed by atoms with Gasteiger partial charge in [-0.2, -0.15) is 0 Å². The number of nitro groups is 1. The molecule has 0 aliphatic rings. The van der Waals surface area contributed by atoms with Crippen LogP contribution in [0.3, 0.4) is 0 Å². The van der Waals surface area contributed by atoms with Gasteiger partial charge in [0.2, 0.25) is 5.91 Å². The molecule has 144 valence electrons. The first-order valence-electron chi connectivity index (χ1n) is 8.65. The van der Waals surface area contributed by atoms with Crippen molar-refractivity contribution in [3.8, 4) is 11.4 Å². The molecule has 0 saturated carbocycles. The Morgan fingerprint density at radius 1 is 1.21 bits per heavy atom. The third-order valence-corrected chi connectivity index (χ3v) is 5.02. The molecule has 0 aliphatic heterocycles. The monoisotopic (exact) mass is 397 g/mol. The summed E-state index contributed by atoms with van der Waals surface area (Å²) in [7, 11) is 0. The zero-order chi connectivity index (χ0) is 20.1. The number of nitrogens with one attached hydrogen (secondary N) is 1. The molecule has 1 heterocycles. The molecular weight excluding hydrogens is 378 g/mol. The van der Waals surface area contributed by atoms with Crippen molar-refractivity contribution in [3.63, 3.8) is 0 Å². The second-order valence-corrected chi connectivity index (χ2v) is 6.97. The lowest BCUT2D eigenvalue weighted by Crippen LogP contribution is -2.05. The van der Waals surface area contributed by atoms with Crippen molar-refractivity contribution in [2.45, 2.75) is 31.3 Å². The lowest BCUT2D eigenvalue weighted by molar-refractivity contribution is -0.384. The van der Waals surface area contributed by atoms with E-state index in [9.17, 15) is 14.9 Å². The maximum Gasteiger partial charge on any atom is 0.269 e. The Morgan fingerprint density at radius 2 is 1.96 bits per heavy atom. The normalized spacial score (nSPS) is 10.6. The average molecular weight is 397 g/mol. The highest BCUT2D eigenvalue weighted by Gasteiger charge is 2.14. The van der Waals surface area contributed by atoms with E-state index in [1.165, 1.54) is 24.8 Å². The molecule has 1 aromatic heterocycles. The van der Waals surface area contributed by atoms with Crippen LogP contribution in [0.4, 0.5) is 11.4 Å². The van der Waals surface area contributed by atoms with Gasteiger partial charge in [0, 0.05) is 42.6 Å². The SMILES string of the molecule is CCn1c(SCc2cccc([N+](=O)[O-])c2)nnc1-c1ccc(NC(C)=O)cc1. The minimum absolute atomic E-state index is 0.0787. The molecule has 0 saturated heterocycles. The van der Waals surface area contributed by atoms with Crippen molar-refractivity contribution < 1.29 is 9.72 Å². The molecule has 0 atom stereocenters. The van der Waals surface area contributed by atoms with Gasteiger partial charge in [-0.1, -0.05) is 23.9 Å². The number of aromatic nitrogens is 3. The molecule has 2 aromatic carbocycles. The first-order chi connectivity index (χ1) is 13.5. The van der Waals surface area contributed by atoms with E-state index in [-0.39, 0.29) is 11.6 Å². The van der Waals surface area contributed by atoms with Gasteiger partial charge in [0.15, 0.2) is 11.0 Å². The lowest BCUT2D eigenvalue weighted by Gasteiger charge is -2.08. The fourth-order valence-corrected chi connectivity index (χ4v) is 3.65. The summed E-state index contributed by atoms with van der Waals surface area (Å²) in [6, 6.07) is 14.0. The summed E-state index contributed by atoms with van der Waals surface area (Å²) in [6.07, 6.45) is 0. The van der Waals surface area contributed by atoms with Crippen LogP contribution in [0.15, 0.2) is 53.7 Å². The Balaban J connectivity index is 1.77. The number of thioether (sulfide) groups is 1. The number of hydrogen-bond donors (Lipinski definition) is 1. The predicted molar refractivity (Wildman–Crippen MR) is 108 cm³/mol. The van der Waals surface area contributed by atoms with Crippen LogP contribution in [0.5, 0.6) is 0 Å². The summed E-state index contributed by atoms with van der Waals surface area (Å²) in [5, 5.41) is 23.0. The number of rotatable bonds is 7. The van der Waals surface area contributed by atoms with Gasteiger partial charge in [0.05, 0.1) is 4.92 Å². The topological polar surface area (TPSA) is 103 Å². The van der Waals surface area contributed by atoms with E-state index in [4.69, 9.17) is 0 Å². The van der Waals surface area contributed by atoms with Crippen molar-refractivity contribution in [1.29, 1.82) is 0 Å². The number of hydrogen-bond acceptors (Lipinski definition) is 6. The van der Waals surface area contributed by atoms with E-state index in [1.54, 1.807) is 12.1 Å². The highest BCUT2D eigenvalue weighted by Crippen LogP contribution is 2.28. The van der Waals surface area contributed by atoms with E-state index >= 15 is 0 Å². The molecule has 0 fully saturated rings. The first-order valence-corrected chi connectivity index (χ1v) is 9.64. The fourth-order valence-electron chi connectivity index (χ4n) is 2.71. The quantitative estimate of drug-likeness (QED) is 0.365. The Bertz CT molecular complexity index is 1000. The van der Waals surface area contributed by atoms with Crippen molar-refractivity contribution in [2.75, 3.05) is 5.32 Å². The minimum atomic E-state index is -0.397. The zero-order valence-corrected chi connectivity index (χ0v) is 16.3. The number of benzene rings is 2. The highest BCUT2D eigenvalue weighted by molar-refractivity contribution is 7.98. The van der Waals surface area contributed by atoms with Gasteiger partial charge < -0.3 is 9.88 Å². The van der Waals surface area contributed by atoms with Gasteiger partial charge in [-0.25, -0.2) is 0 Å². The number of non-ortho nitro benzene ring substituents is 1. The van der Waals surface area contributed by atoms with Crippen LogP contribution in [-0.2, 0) is 17.1 Å². The molecule has 8 nitrogen and oxygen atoms in total. The van der Waals surface area contributed by atoms with Crippen LogP contribution in [0, 0.1) is 10.1 Å². The van der Waals surface area contributed by atoms with Crippen molar-refractivity contribution in [1.82, 2.24) is 14.8 Å². The molecule has 0 spiro atoms. The largest absolute Gasteiger partial charge is 0.326 e. The summed E-state index contributed by atoms with van der Waals surface area (Å²) in [5.74, 6) is 1.17. The van der Waals surface area contributed by atoms with Crippen LogP contribution < -0.4 is 5.32 Å². The summed E-state index contributed by atoms with van der Waals surface area (Å²) in [5.41, 5.74) is 2.55. The van der Waals surface area contributed by atoms with Gasteiger partial charge in [-0.3, -0.25) is 14.9 Å². The second kappa shape index (κ2) is 8.66. The molecule has 1 N–H and O–H groups in total. The second-order valence-electron chi connectivity index (χ2n) is 6.02. The number of amides is 1. The van der Waals surface area contributed by atoms with Crippen LogP contribution in [0.25, 0.3) is 11.4 Å². The Kier molecular flexibility index (Phi) is 6.05. The van der Waals surface area contributed by atoms with E-state index in [0.717, 1.165) is 27.8 Å². The fraction of sp³-hybridized carbons (Fsp3) is 0.211. The van der Waals surface area contributed by atoms with Crippen LogP contribution >= 0.6 is 11.8 Å². The van der Waals surface area contributed by atoms with E-state index < -0.39 is 4.92 Å². The molecule has 0 aliphatic carbocycles. The molecule has 28 heavy (non-hydrogen) atoms. The molecule has 3 rings (SSSR count). The number of nitrogens with zero attached hydrogens (tertiary/aromatic N) is 4. The van der Waals surface area contributed by atoms with Gasteiger partial charge in [0.1, 0.15) is 0 Å². The van der Waals surface area contributed by atoms with Crippen molar-refractivity contribution >= 4 is 29.0 Å². The lowest BCUT2D eigenvalue weighted by atomic mass is 10.2. The average Bonchev–Trinajstić information content (AvgIpc) is 3.09. The van der Waals surface area contributed by atoms with Crippen LogP contribution in [-0.4, -0.2) is 25.6 Å². The third kappa shape index (κ3) is 4.55. The third-order valence-electron chi connectivity index (χ3n) is 3.99. The predicted octanol–water partition coefficient (Wildman–Crippen LogP) is 4.12. The van der Waals surface area contributed by atoms with Gasteiger partial charge in [0.25, 0.3) is 5.69 Å². The molecule has 9 heteroatoms. The van der Waals surface area contributed by atoms with Gasteiger partial charge in [-0.05, 0) is 36.8 Å². The molecular formula is C19H19N5O3S. The van der Waals surface area contributed by atoms with Crippen LogP contribution in [0.2, 0.25) is 0 Å². The number of carbonyl (C=O) groups excluding carboxylic acids is 1. The summed E-state index contributed by atoms with van der Waals surface area (Å²) in [4.78, 5) is 21.7. The number of nitro benzene ring substituents is 1. The summed E-state index contributed by atoms with van der Waals surface area (Å²) in [6.45, 7) is 4.16. The van der Waals surface area contributed by atoms with E-state index in [1.807, 2.05) is 41.8 Å². The Morgan fingerprint density at radius 3 is 2.61 bits per heavy atom. The maximum atomic E-state index is 11.1. The minimum Gasteiger partial charge on any atom is -0.326 e. The standard InChI is InChI=1S/C19H19N5O3S/c1-3-23-18(15-7-9-16(10-8-15)20-13(2)25)21-22-19(23)28-12-14-5-4-6-17(11-14)24(26)27/h4-11H,3,12H2,1-2H3,(H,20,25). The molecule has 1 amide bonds. The Hall–Kier alpha value is -3.20.